The van der Waals surface area contributed by atoms with Gasteiger partial charge in [-0.2, -0.15) is 0 Å². The normalized spacial score (nSPS) is 12.1. The minimum atomic E-state index is 0.0681. The van der Waals surface area contributed by atoms with Crippen LogP contribution in [0.5, 0.6) is 5.75 Å². The zero-order chi connectivity index (χ0) is 15.8. The first-order chi connectivity index (χ1) is 10.7. The molecule has 0 amide bonds. The molecule has 0 aliphatic carbocycles. The molecule has 3 nitrogen and oxygen atoms in total. The van der Waals surface area contributed by atoms with Crippen LogP contribution in [0.2, 0.25) is 0 Å². The van der Waals surface area contributed by atoms with Gasteiger partial charge in [0, 0.05) is 13.2 Å². The fourth-order valence-corrected chi connectivity index (χ4v) is 2.43. The van der Waals surface area contributed by atoms with E-state index in [9.17, 15) is 0 Å². The Kier molecular flexibility index (Phi) is 6.44. The maximum Gasteiger partial charge on any atom is 0.118 e. The van der Waals surface area contributed by atoms with Gasteiger partial charge in [0.2, 0.25) is 0 Å². The van der Waals surface area contributed by atoms with E-state index in [1.807, 2.05) is 12.1 Å². The molecule has 118 valence electrons. The molecular formula is C19H25NO2. The van der Waals surface area contributed by atoms with Gasteiger partial charge in [-0.3, -0.25) is 0 Å². The predicted octanol–water partition coefficient (Wildman–Crippen LogP) is 3.52. The number of ether oxygens (including phenoxy) is 2. The average Bonchev–Trinajstić information content (AvgIpc) is 2.58. The van der Waals surface area contributed by atoms with E-state index >= 15 is 0 Å². The summed E-state index contributed by atoms with van der Waals surface area (Å²) in [6.07, 6.45) is 2.85. The highest BCUT2D eigenvalue weighted by molar-refractivity contribution is 5.28. The molecule has 0 aromatic heterocycles. The first-order valence-corrected chi connectivity index (χ1v) is 7.69. The Morgan fingerprint density at radius 3 is 2.05 bits per heavy atom. The van der Waals surface area contributed by atoms with Gasteiger partial charge in [-0.25, -0.2) is 0 Å². The molecule has 1 atom stereocenters. The van der Waals surface area contributed by atoms with Gasteiger partial charge in [0.25, 0.3) is 0 Å². The highest BCUT2D eigenvalue weighted by Gasteiger charge is 2.06. The molecule has 2 aromatic rings. The van der Waals surface area contributed by atoms with E-state index in [2.05, 4.69) is 36.4 Å². The Balaban J connectivity index is 1.86. The Morgan fingerprint density at radius 1 is 0.864 bits per heavy atom. The van der Waals surface area contributed by atoms with Gasteiger partial charge >= 0.3 is 0 Å². The predicted molar refractivity (Wildman–Crippen MR) is 90.3 cm³/mol. The minimum Gasteiger partial charge on any atom is -0.497 e. The molecule has 2 aromatic carbocycles. The van der Waals surface area contributed by atoms with E-state index in [0.29, 0.717) is 0 Å². The van der Waals surface area contributed by atoms with Crippen molar-refractivity contribution in [1.82, 2.24) is 0 Å². The number of methoxy groups -OCH3 is 2. The van der Waals surface area contributed by atoms with Crippen LogP contribution in [0.15, 0.2) is 48.5 Å². The second-order valence-electron chi connectivity index (χ2n) is 5.48. The average molecular weight is 299 g/mol. The summed E-state index contributed by atoms with van der Waals surface area (Å²) < 4.78 is 10.3. The van der Waals surface area contributed by atoms with Crippen molar-refractivity contribution in [1.29, 1.82) is 0 Å². The summed E-state index contributed by atoms with van der Waals surface area (Å²) in [4.78, 5) is 0. The lowest BCUT2D eigenvalue weighted by molar-refractivity contribution is 0.202. The number of rotatable bonds is 8. The summed E-state index contributed by atoms with van der Waals surface area (Å²) in [6, 6.07) is 16.8. The molecule has 2 rings (SSSR count). The van der Waals surface area contributed by atoms with Gasteiger partial charge in [-0.1, -0.05) is 36.4 Å². The Bertz CT molecular complexity index is 549. The van der Waals surface area contributed by atoms with Crippen LogP contribution >= 0.6 is 0 Å². The molecule has 0 radical (unpaired) electrons. The third-order valence-corrected chi connectivity index (χ3v) is 3.91. The van der Waals surface area contributed by atoms with Crippen molar-refractivity contribution in [3.8, 4) is 5.75 Å². The van der Waals surface area contributed by atoms with Gasteiger partial charge in [0.15, 0.2) is 0 Å². The topological polar surface area (TPSA) is 44.5 Å². The first-order valence-electron chi connectivity index (χ1n) is 7.69. The quantitative estimate of drug-likeness (QED) is 0.811. The second-order valence-corrected chi connectivity index (χ2v) is 5.48. The molecule has 0 saturated carbocycles. The molecule has 0 fully saturated rings. The van der Waals surface area contributed by atoms with E-state index in [1.54, 1.807) is 14.2 Å². The van der Waals surface area contributed by atoms with Gasteiger partial charge in [-0.15, -0.1) is 0 Å². The molecule has 0 aliphatic rings. The summed E-state index contributed by atoms with van der Waals surface area (Å²) >= 11 is 0. The lowest BCUT2D eigenvalue weighted by atomic mass is 9.98. The molecular weight excluding hydrogens is 274 g/mol. The minimum absolute atomic E-state index is 0.0681. The maximum absolute atomic E-state index is 6.30. The lowest BCUT2D eigenvalue weighted by Gasteiger charge is -2.13. The summed E-state index contributed by atoms with van der Waals surface area (Å²) in [5.74, 6) is 0.889. The van der Waals surface area contributed by atoms with Crippen molar-refractivity contribution in [2.24, 2.45) is 5.73 Å². The Labute approximate surface area is 133 Å². The van der Waals surface area contributed by atoms with Crippen LogP contribution in [0.25, 0.3) is 0 Å². The van der Waals surface area contributed by atoms with Crippen LogP contribution in [-0.2, 0) is 17.6 Å². The zero-order valence-corrected chi connectivity index (χ0v) is 13.4. The van der Waals surface area contributed by atoms with Crippen LogP contribution < -0.4 is 10.5 Å². The fourth-order valence-electron chi connectivity index (χ4n) is 2.43. The van der Waals surface area contributed by atoms with E-state index in [4.69, 9.17) is 15.2 Å². The van der Waals surface area contributed by atoms with Crippen LogP contribution in [0.4, 0.5) is 0 Å². The Morgan fingerprint density at radius 2 is 1.45 bits per heavy atom. The molecule has 0 heterocycles. The third-order valence-electron chi connectivity index (χ3n) is 3.91. The molecule has 0 saturated heterocycles. The van der Waals surface area contributed by atoms with Crippen molar-refractivity contribution in [2.45, 2.75) is 25.3 Å². The number of benzene rings is 2. The smallest absolute Gasteiger partial charge is 0.118 e. The zero-order valence-electron chi connectivity index (χ0n) is 13.4. The monoisotopic (exact) mass is 299 g/mol. The van der Waals surface area contributed by atoms with Crippen molar-refractivity contribution in [2.75, 3.05) is 20.8 Å². The number of aryl methyl sites for hydroxylation is 1. The van der Waals surface area contributed by atoms with E-state index in [0.717, 1.165) is 31.6 Å². The van der Waals surface area contributed by atoms with Crippen LogP contribution in [0, 0.1) is 0 Å². The SMILES string of the molecule is COCCc1ccc(C(N)CCc2ccc(OC)cc2)cc1. The van der Waals surface area contributed by atoms with Gasteiger partial charge < -0.3 is 15.2 Å². The van der Waals surface area contributed by atoms with Crippen molar-refractivity contribution < 1.29 is 9.47 Å². The van der Waals surface area contributed by atoms with Crippen molar-refractivity contribution >= 4 is 0 Å². The molecule has 0 bridgehead atoms. The summed E-state index contributed by atoms with van der Waals surface area (Å²) in [5.41, 5.74) is 10.1. The number of hydrogen-bond donors (Lipinski definition) is 1. The molecule has 1 unspecified atom stereocenters. The van der Waals surface area contributed by atoms with Gasteiger partial charge in [0.1, 0.15) is 5.75 Å². The molecule has 0 aliphatic heterocycles. The Hall–Kier alpha value is -1.84. The molecule has 3 heteroatoms. The van der Waals surface area contributed by atoms with Gasteiger partial charge in [0.05, 0.1) is 13.7 Å². The molecule has 2 N–H and O–H groups in total. The van der Waals surface area contributed by atoms with Crippen molar-refractivity contribution in [3.63, 3.8) is 0 Å². The summed E-state index contributed by atoms with van der Waals surface area (Å²) in [6.45, 7) is 0.753. The molecule has 0 spiro atoms. The second kappa shape index (κ2) is 8.57. The van der Waals surface area contributed by atoms with Gasteiger partial charge in [-0.05, 0) is 48.1 Å². The van der Waals surface area contributed by atoms with Crippen LogP contribution in [-0.4, -0.2) is 20.8 Å². The van der Waals surface area contributed by atoms with Crippen molar-refractivity contribution in [3.05, 3.63) is 65.2 Å². The maximum atomic E-state index is 6.30. The van der Waals surface area contributed by atoms with E-state index < -0.39 is 0 Å². The van der Waals surface area contributed by atoms with Crippen LogP contribution in [0.1, 0.15) is 29.2 Å². The standard InChI is InChI=1S/C19H25NO2/c1-21-14-13-16-3-8-17(9-4-16)19(20)12-7-15-5-10-18(22-2)11-6-15/h3-6,8-11,19H,7,12-14,20H2,1-2H3. The van der Waals surface area contributed by atoms with E-state index in [-0.39, 0.29) is 6.04 Å². The first kappa shape index (κ1) is 16.5. The summed E-state index contributed by atoms with van der Waals surface area (Å²) in [5, 5.41) is 0. The largest absolute Gasteiger partial charge is 0.497 e. The third kappa shape index (κ3) is 4.86. The lowest BCUT2D eigenvalue weighted by Crippen LogP contribution is -2.11. The summed E-state index contributed by atoms with van der Waals surface area (Å²) in [7, 11) is 3.41. The van der Waals surface area contributed by atoms with Crippen LogP contribution in [0.3, 0.4) is 0 Å². The molecule has 22 heavy (non-hydrogen) atoms. The fraction of sp³-hybridized carbons (Fsp3) is 0.368. The highest BCUT2D eigenvalue weighted by atomic mass is 16.5. The number of nitrogens with two attached hydrogens (primary N) is 1. The van der Waals surface area contributed by atoms with E-state index in [1.165, 1.54) is 16.7 Å². The highest BCUT2D eigenvalue weighted by Crippen LogP contribution is 2.19. The number of hydrogen-bond acceptors (Lipinski definition) is 3.